The van der Waals surface area contributed by atoms with Gasteiger partial charge in [-0.2, -0.15) is 0 Å². The van der Waals surface area contributed by atoms with Gasteiger partial charge in [0, 0.05) is 6.07 Å². The summed E-state index contributed by atoms with van der Waals surface area (Å²) in [5, 5.41) is 8.90. The van der Waals surface area contributed by atoms with E-state index < -0.39 is 0 Å². The summed E-state index contributed by atoms with van der Waals surface area (Å²) in [7, 11) is 0. The highest BCUT2D eigenvalue weighted by Crippen LogP contribution is 2.41. The summed E-state index contributed by atoms with van der Waals surface area (Å²) in [5.41, 5.74) is -0.201. The van der Waals surface area contributed by atoms with Crippen molar-refractivity contribution in [1.29, 1.82) is 0 Å². The molecular weight excluding hydrogens is 272 g/mol. The van der Waals surface area contributed by atoms with Crippen LogP contribution in [0.5, 0.6) is 5.75 Å². The maximum Gasteiger partial charge on any atom is 0.227 e. The van der Waals surface area contributed by atoms with E-state index >= 15 is 0 Å². The van der Waals surface area contributed by atoms with Crippen LogP contribution >= 0.6 is 0 Å². The third-order valence-electron chi connectivity index (χ3n) is 4.54. The van der Waals surface area contributed by atoms with E-state index in [4.69, 9.17) is 19.0 Å². The molecular formula is C16H22O5. The standard InChI is InChI=1S/C16H22O5/c17-9-13-8-14(18)15(11-19-13)20-10-12-4-7-16(21-12)5-2-1-3-6-16/h8,11-12,17H,1-7,9-10H2. The fraction of sp³-hybridized carbons (Fsp3) is 0.688. The third kappa shape index (κ3) is 3.30. The predicted molar refractivity (Wildman–Crippen MR) is 76.3 cm³/mol. The van der Waals surface area contributed by atoms with Crippen LogP contribution in [0.15, 0.2) is 21.5 Å². The van der Waals surface area contributed by atoms with E-state index in [-0.39, 0.29) is 35.3 Å². The molecule has 1 aromatic rings. The van der Waals surface area contributed by atoms with Gasteiger partial charge in [0.05, 0.1) is 11.7 Å². The van der Waals surface area contributed by atoms with Crippen molar-refractivity contribution in [3.05, 3.63) is 28.3 Å². The maximum atomic E-state index is 11.8. The molecule has 1 N–H and O–H groups in total. The van der Waals surface area contributed by atoms with Gasteiger partial charge in [-0.25, -0.2) is 0 Å². The summed E-state index contributed by atoms with van der Waals surface area (Å²) in [6.07, 6.45) is 9.51. The molecule has 1 saturated carbocycles. The molecule has 5 nitrogen and oxygen atoms in total. The molecule has 0 bridgehead atoms. The van der Waals surface area contributed by atoms with Gasteiger partial charge >= 0.3 is 0 Å². The minimum atomic E-state index is -0.288. The van der Waals surface area contributed by atoms with Crippen molar-refractivity contribution in [2.45, 2.75) is 63.3 Å². The van der Waals surface area contributed by atoms with Gasteiger partial charge in [-0.05, 0) is 25.7 Å². The first kappa shape index (κ1) is 14.6. The van der Waals surface area contributed by atoms with Gasteiger partial charge in [0.15, 0.2) is 0 Å². The van der Waals surface area contributed by atoms with E-state index in [9.17, 15) is 4.79 Å². The maximum absolute atomic E-state index is 11.8. The first-order valence-corrected chi connectivity index (χ1v) is 7.74. The van der Waals surface area contributed by atoms with Crippen molar-refractivity contribution in [2.24, 2.45) is 0 Å². The lowest BCUT2D eigenvalue weighted by atomic mass is 9.83. The first-order valence-electron chi connectivity index (χ1n) is 7.74. The average Bonchev–Trinajstić information content (AvgIpc) is 2.89. The second-order valence-corrected chi connectivity index (χ2v) is 6.07. The molecule has 1 atom stereocenters. The number of aliphatic hydroxyl groups excluding tert-OH is 1. The van der Waals surface area contributed by atoms with E-state index in [0.29, 0.717) is 6.61 Å². The highest BCUT2D eigenvalue weighted by Gasteiger charge is 2.40. The van der Waals surface area contributed by atoms with Crippen LogP contribution in [-0.2, 0) is 11.3 Å². The minimum Gasteiger partial charge on any atom is -0.484 e. The number of hydrogen-bond donors (Lipinski definition) is 1. The lowest BCUT2D eigenvalue weighted by molar-refractivity contribution is -0.0750. The summed E-state index contributed by atoms with van der Waals surface area (Å²) in [5.74, 6) is 0.422. The normalized spacial score (nSPS) is 24.3. The zero-order valence-electron chi connectivity index (χ0n) is 12.2. The van der Waals surface area contributed by atoms with Gasteiger partial charge in [-0.3, -0.25) is 4.79 Å². The van der Waals surface area contributed by atoms with E-state index in [1.165, 1.54) is 31.6 Å². The van der Waals surface area contributed by atoms with Crippen molar-refractivity contribution >= 4 is 0 Å². The Morgan fingerprint density at radius 1 is 1.29 bits per heavy atom. The molecule has 1 unspecified atom stereocenters. The van der Waals surface area contributed by atoms with Crippen LogP contribution in [-0.4, -0.2) is 23.4 Å². The van der Waals surface area contributed by atoms with Gasteiger partial charge in [0.1, 0.15) is 25.2 Å². The van der Waals surface area contributed by atoms with Crippen LogP contribution in [0.4, 0.5) is 0 Å². The van der Waals surface area contributed by atoms with Crippen molar-refractivity contribution in [3.63, 3.8) is 0 Å². The summed E-state index contributed by atoms with van der Waals surface area (Å²) >= 11 is 0. The molecule has 3 rings (SSSR count). The number of hydrogen-bond acceptors (Lipinski definition) is 5. The molecule has 1 aliphatic heterocycles. The zero-order chi connectivity index (χ0) is 14.7. The molecule has 0 aromatic carbocycles. The van der Waals surface area contributed by atoms with E-state index in [0.717, 1.165) is 25.7 Å². The Morgan fingerprint density at radius 2 is 2.10 bits per heavy atom. The molecule has 0 radical (unpaired) electrons. The third-order valence-corrected chi connectivity index (χ3v) is 4.54. The Morgan fingerprint density at radius 3 is 2.81 bits per heavy atom. The van der Waals surface area contributed by atoms with Gasteiger partial charge in [-0.1, -0.05) is 19.3 Å². The zero-order valence-corrected chi connectivity index (χ0v) is 12.2. The van der Waals surface area contributed by atoms with Gasteiger partial charge < -0.3 is 19.0 Å². The van der Waals surface area contributed by atoms with Crippen LogP contribution < -0.4 is 10.2 Å². The molecule has 116 valence electrons. The molecule has 1 aromatic heterocycles. The van der Waals surface area contributed by atoms with Crippen LogP contribution in [0.1, 0.15) is 50.7 Å². The fourth-order valence-electron chi connectivity index (χ4n) is 3.39. The topological polar surface area (TPSA) is 68.9 Å². The summed E-state index contributed by atoms with van der Waals surface area (Å²) < 4.78 is 16.8. The SMILES string of the molecule is O=c1cc(CO)occ1OCC1CCC2(CCCCC2)O1. The molecule has 2 fully saturated rings. The number of ether oxygens (including phenoxy) is 2. The molecule has 2 aliphatic rings. The van der Waals surface area contributed by atoms with Gasteiger partial charge in [0.2, 0.25) is 11.2 Å². The lowest BCUT2D eigenvalue weighted by Crippen LogP contribution is -2.33. The van der Waals surface area contributed by atoms with Crippen molar-refractivity contribution < 1.29 is 19.0 Å². The summed E-state index contributed by atoms with van der Waals surface area (Å²) in [6, 6.07) is 1.26. The van der Waals surface area contributed by atoms with Gasteiger partial charge in [0.25, 0.3) is 0 Å². The average molecular weight is 294 g/mol. The minimum absolute atomic E-state index is 0.0556. The smallest absolute Gasteiger partial charge is 0.227 e. The lowest BCUT2D eigenvalue weighted by Gasteiger charge is -2.33. The Bertz CT molecular complexity index is 530. The Kier molecular flexibility index (Phi) is 4.31. The highest BCUT2D eigenvalue weighted by atomic mass is 16.6. The van der Waals surface area contributed by atoms with Gasteiger partial charge in [-0.15, -0.1) is 0 Å². The fourth-order valence-corrected chi connectivity index (χ4v) is 3.39. The Labute approximate surface area is 123 Å². The quantitative estimate of drug-likeness (QED) is 0.923. The molecule has 5 heteroatoms. The van der Waals surface area contributed by atoms with Crippen LogP contribution in [0, 0.1) is 0 Å². The van der Waals surface area contributed by atoms with Crippen LogP contribution in [0.25, 0.3) is 0 Å². The largest absolute Gasteiger partial charge is 0.484 e. The molecule has 1 spiro atoms. The summed E-state index contributed by atoms with van der Waals surface area (Å²) in [6.45, 7) is 0.0920. The first-order chi connectivity index (χ1) is 10.2. The molecule has 1 aliphatic carbocycles. The van der Waals surface area contributed by atoms with Crippen molar-refractivity contribution in [1.82, 2.24) is 0 Å². The molecule has 2 heterocycles. The molecule has 21 heavy (non-hydrogen) atoms. The van der Waals surface area contributed by atoms with E-state index in [1.54, 1.807) is 0 Å². The number of aliphatic hydroxyl groups is 1. The van der Waals surface area contributed by atoms with E-state index in [1.807, 2.05) is 0 Å². The Balaban J connectivity index is 1.55. The second kappa shape index (κ2) is 6.20. The number of rotatable bonds is 4. The second-order valence-electron chi connectivity index (χ2n) is 6.07. The van der Waals surface area contributed by atoms with E-state index in [2.05, 4.69) is 0 Å². The van der Waals surface area contributed by atoms with Crippen LogP contribution in [0.3, 0.4) is 0 Å². The molecule has 1 saturated heterocycles. The van der Waals surface area contributed by atoms with Crippen molar-refractivity contribution in [3.8, 4) is 5.75 Å². The molecule has 0 amide bonds. The Hall–Kier alpha value is -1.33. The predicted octanol–water partition coefficient (Wildman–Crippen LogP) is 2.39. The van der Waals surface area contributed by atoms with Crippen LogP contribution in [0.2, 0.25) is 0 Å². The summed E-state index contributed by atoms with van der Waals surface area (Å²) in [4.78, 5) is 11.8. The highest BCUT2D eigenvalue weighted by molar-refractivity contribution is 5.17. The monoisotopic (exact) mass is 294 g/mol. The van der Waals surface area contributed by atoms with Crippen molar-refractivity contribution in [2.75, 3.05) is 6.61 Å².